The fraction of sp³-hybridized carbons (Fsp3) is 0.333. The molecule has 1 atom stereocenters. The largest absolute Gasteiger partial charge is 0.387 e. The zero-order valence-electron chi connectivity index (χ0n) is 14.5. The van der Waals surface area contributed by atoms with Crippen molar-refractivity contribution in [2.45, 2.75) is 25.6 Å². The van der Waals surface area contributed by atoms with Crippen LogP contribution in [0.25, 0.3) is 0 Å². The molecule has 0 radical (unpaired) electrons. The lowest BCUT2D eigenvalue weighted by Gasteiger charge is -2.27. The number of hydrogen-bond donors (Lipinski definition) is 4. The molecule has 0 fully saturated rings. The highest BCUT2D eigenvalue weighted by Gasteiger charge is 2.15. The van der Waals surface area contributed by atoms with Crippen molar-refractivity contribution >= 4 is 24.9 Å². The van der Waals surface area contributed by atoms with Crippen LogP contribution in [0.2, 0.25) is 5.02 Å². The van der Waals surface area contributed by atoms with Crippen molar-refractivity contribution in [1.29, 1.82) is 0 Å². The predicted octanol–water partition coefficient (Wildman–Crippen LogP) is 3.47. The molecule has 0 saturated heterocycles. The Kier molecular flexibility index (Phi) is 7.65. The zero-order valence-corrected chi connectivity index (χ0v) is 16.2. The van der Waals surface area contributed by atoms with Gasteiger partial charge in [-0.05, 0) is 41.8 Å². The first-order valence-electron chi connectivity index (χ1n) is 8.36. The third-order valence-electron chi connectivity index (χ3n) is 3.79. The molecule has 2 aromatic rings. The van der Waals surface area contributed by atoms with Crippen LogP contribution in [0.5, 0.6) is 0 Å². The van der Waals surface area contributed by atoms with Crippen LogP contribution in [0.3, 0.4) is 0 Å². The molecule has 8 heteroatoms. The van der Waals surface area contributed by atoms with Gasteiger partial charge in [0.2, 0.25) is 0 Å². The molecule has 0 heterocycles. The Hall–Kier alpha value is -1.40. The van der Waals surface area contributed by atoms with Crippen LogP contribution < -0.4 is 10.4 Å². The van der Waals surface area contributed by atoms with Gasteiger partial charge in [-0.2, -0.15) is 0 Å². The van der Waals surface area contributed by atoms with E-state index in [1.54, 1.807) is 42.5 Å². The Morgan fingerprint density at radius 2 is 1.88 bits per heavy atom. The lowest BCUT2D eigenvalue weighted by atomic mass is 10.1. The highest BCUT2D eigenvalue weighted by Crippen LogP contribution is 2.39. The SMILES string of the molecule is CCCN(NC[C@H](O)c1cccc(Cl)c1)c1ccc(CP(=O)(O)O)cc1. The van der Waals surface area contributed by atoms with E-state index in [0.717, 1.165) is 24.2 Å². The van der Waals surface area contributed by atoms with Gasteiger partial charge < -0.3 is 19.9 Å². The van der Waals surface area contributed by atoms with E-state index in [-0.39, 0.29) is 6.16 Å². The summed E-state index contributed by atoms with van der Waals surface area (Å²) in [6.45, 7) is 3.08. The standard InChI is InChI=1S/C18H24ClN2O4P/c1-2-10-21(17-8-6-14(7-9-17)13-26(23,24)25)20-12-18(22)15-4-3-5-16(19)11-15/h3-9,11,18,20,22H,2,10,12-13H2,1H3,(H2,23,24,25)/t18-/m0/s1. The molecular weight excluding hydrogens is 375 g/mol. The van der Waals surface area contributed by atoms with Crippen molar-refractivity contribution in [3.05, 3.63) is 64.7 Å². The van der Waals surface area contributed by atoms with E-state index in [1.165, 1.54) is 0 Å². The quantitative estimate of drug-likeness (QED) is 0.382. The molecular formula is C18H24ClN2O4P. The summed E-state index contributed by atoms with van der Waals surface area (Å²) in [5, 5.41) is 12.8. The van der Waals surface area contributed by atoms with Crippen LogP contribution in [0, 0.1) is 0 Å². The van der Waals surface area contributed by atoms with Crippen molar-refractivity contribution in [3.8, 4) is 0 Å². The lowest BCUT2D eigenvalue weighted by molar-refractivity contribution is 0.173. The van der Waals surface area contributed by atoms with E-state index in [1.807, 2.05) is 18.0 Å². The number of hydrogen-bond acceptors (Lipinski definition) is 4. The van der Waals surface area contributed by atoms with Gasteiger partial charge in [-0.1, -0.05) is 42.8 Å². The van der Waals surface area contributed by atoms with Gasteiger partial charge in [-0.15, -0.1) is 0 Å². The fourth-order valence-electron chi connectivity index (χ4n) is 2.57. The molecule has 0 spiro atoms. The van der Waals surface area contributed by atoms with E-state index < -0.39 is 13.7 Å². The van der Waals surface area contributed by atoms with Crippen molar-refractivity contribution in [1.82, 2.24) is 5.43 Å². The number of aliphatic hydroxyl groups excluding tert-OH is 1. The van der Waals surface area contributed by atoms with Gasteiger partial charge >= 0.3 is 7.60 Å². The molecule has 0 aliphatic carbocycles. The van der Waals surface area contributed by atoms with Gasteiger partial charge in [0.25, 0.3) is 0 Å². The zero-order chi connectivity index (χ0) is 19.2. The van der Waals surface area contributed by atoms with Crippen LogP contribution in [-0.2, 0) is 10.7 Å². The minimum atomic E-state index is -4.08. The van der Waals surface area contributed by atoms with Crippen LogP contribution in [0.1, 0.15) is 30.6 Å². The van der Waals surface area contributed by atoms with Gasteiger partial charge in [-0.25, -0.2) is 5.43 Å². The molecule has 0 amide bonds. The van der Waals surface area contributed by atoms with Crippen LogP contribution in [0.15, 0.2) is 48.5 Å². The summed E-state index contributed by atoms with van der Waals surface area (Å²) < 4.78 is 11.1. The second-order valence-corrected chi connectivity index (χ2v) is 8.16. The number of rotatable bonds is 9. The second-order valence-electron chi connectivity index (χ2n) is 6.07. The number of nitrogens with one attached hydrogen (secondary N) is 1. The summed E-state index contributed by atoms with van der Waals surface area (Å²) in [6.07, 6.45) is -0.0890. The third-order valence-corrected chi connectivity index (χ3v) is 4.80. The van der Waals surface area contributed by atoms with E-state index in [9.17, 15) is 9.67 Å². The maximum atomic E-state index is 11.1. The molecule has 6 nitrogen and oxygen atoms in total. The maximum Gasteiger partial charge on any atom is 0.329 e. The summed E-state index contributed by atoms with van der Waals surface area (Å²) in [5.41, 5.74) is 5.39. The first kappa shape index (κ1) is 20.9. The topological polar surface area (TPSA) is 93.0 Å². The number of benzene rings is 2. The summed E-state index contributed by atoms with van der Waals surface area (Å²) in [4.78, 5) is 18.1. The van der Waals surface area contributed by atoms with E-state index in [0.29, 0.717) is 17.1 Å². The van der Waals surface area contributed by atoms with Gasteiger partial charge in [0.1, 0.15) is 0 Å². The molecule has 0 aliphatic rings. The molecule has 4 N–H and O–H groups in total. The summed E-state index contributed by atoms with van der Waals surface area (Å²) in [5.74, 6) is 0. The highest BCUT2D eigenvalue weighted by molar-refractivity contribution is 7.50. The minimum absolute atomic E-state index is 0.276. The maximum absolute atomic E-state index is 11.1. The molecule has 0 bridgehead atoms. The molecule has 0 aliphatic heterocycles. The lowest BCUT2D eigenvalue weighted by Crippen LogP contribution is -2.41. The molecule has 0 aromatic heterocycles. The monoisotopic (exact) mass is 398 g/mol. The van der Waals surface area contributed by atoms with Crippen molar-refractivity contribution < 1.29 is 19.5 Å². The average Bonchev–Trinajstić information content (AvgIpc) is 2.58. The van der Waals surface area contributed by atoms with Crippen molar-refractivity contribution in [2.24, 2.45) is 0 Å². The summed E-state index contributed by atoms with van der Waals surface area (Å²) in [7, 11) is -4.08. The number of halogens is 1. The summed E-state index contributed by atoms with van der Waals surface area (Å²) in [6, 6.07) is 14.1. The van der Waals surface area contributed by atoms with E-state index >= 15 is 0 Å². The third kappa shape index (κ3) is 6.72. The average molecular weight is 399 g/mol. The normalized spacial score (nSPS) is 12.8. The molecule has 0 unspecified atom stereocenters. The highest BCUT2D eigenvalue weighted by atomic mass is 35.5. The molecule has 26 heavy (non-hydrogen) atoms. The Morgan fingerprint density at radius 3 is 2.46 bits per heavy atom. The fourth-order valence-corrected chi connectivity index (χ4v) is 3.46. The smallest absolute Gasteiger partial charge is 0.329 e. The Bertz CT molecular complexity index is 751. The van der Waals surface area contributed by atoms with Gasteiger partial charge in [0, 0.05) is 18.1 Å². The Balaban J connectivity index is 2.02. The minimum Gasteiger partial charge on any atom is -0.387 e. The van der Waals surface area contributed by atoms with Crippen LogP contribution in [0.4, 0.5) is 5.69 Å². The second kappa shape index (κ2) is 9.51. The molecule has 2 rings (SSSR count). The van der Waals surface area contributed by atoms with Gasteiger partial charge in [0.15, 0.2) is 0 Å². The van der Waals surface area contributed by atoms with Gasteiger partial charge in [0.05, 0.1) is 18.0 Å². The van der Waals surface area contributed by atoms with Crippen LogP contribution >= 0.6 is 19.2 Å². The molecule has 0 saturated carbocycles. The number of anilines is 1. The van der Waals surface area contributed by atoms with E-state index in [2.05, 4.69) is 5.43 Å². The first-order chi connectivity index (χ1) is 12.3. The number of aliphatic hydroxyl groups is 1. The molecule has 2 aromatic carbocycles. The van der Waals surface area contributed by atoms with Crippen molar-refractivity contribution in [3.63, 3.8) is 0 Å². The first-order valence-corrected chi connectivity index (χ1v) is 10.5. The van der Waals surface area contributed by atoms with E-state index in [4.69, 9.17) is 21.4 Å². The summed E-state index contributed by atoms with van der Waals surface area (Å²) >= 11 is 5.96. The Morgan fingerprint density at radius 1 is 1.19 bits per heavy atom. The Labute approximate surface area is 158 Å². The number of nitrogens with zero attached hydrogens (tertiary/aromatic N) is 1. The molecule has 142 valence electrons. The van der Waals surface area contributed by atoms with Gasteiger partial charge in [-0.3, -0.25) is 4.57 Å². The number of hydrazine groups is 1. The predicted molar refractivity (Wildman–Crippen MR) is 104 cm³/mol. The van der Waals surface area contributed by atoms with Crippen molar-refractivity contribution in [2.75, 3.05) is 18.1 Å². The van der Waals surface area contributed by atoms with Crippen LogP contribution in [-0.4, -0.2) is 28.0 Å².